The maximum atomic E-state index is 11.6. The largest absolute Gasteiger partial charge is 0.349 e. The molecule has 2 atom stereocenters. The first-order valence-electron chi connectivity index (χ1n) is 5.73. The number of rotatable bonds is 5. The summed E-state index contributed by atoms with van der Waals surface area (Å²) in [6.45, 7) is 3.90. The van der Waals surface area contributed by atoms with Gasteiger partial charge in [0.1, 0.15) is 0 Å². The summed E-state index contributed by atoms with van der Waals surface area (Å²) in [5, 5.41) is 3.00. The zero-order valence-corrected chi connectivity index (χ0v) is 9.94. The lowest BCUT2D eigenvalue weighted by Crippen LogP contribution is -2.32. The van der Waals surface area contributed by atoms with Crippen molar-refractivity contribution in [3.05, 3.63) is 35.9 Å². The minimum absolute atomic E-state index is 0.0192. The van der Waals surface area contributed by atoms with Crippen LogP contribution in [-0.4, -0.2) is 11.9 Å². The zero-order chi connectivity index (χ0) is 12.0. The first kappa shape index (κ1) is 12.7. The molecule has 1 aromatic carbocycles. The summed E-state index contributed by atoms with van der Waals surface area (Å²) in [6.07, 6.45) is 1.26. The van der Waals surface area contributed by atoms with Gasteiger partial charge in [-0.25, -0.2) is 0 Å². The molecule has 1 rings (SSSR count). The van der Waals surface area contributed by atoms with E-state index in [-0.39, 0.29) is 18.0 Å². The lowest BCUT2D eigenvalue weighted by molar-refractivity contribution is -0.122. The second-order valence-corrected chi connectivity index (χ2v) is 4.12. The lowest BCUT2D eigenvalue weighted by atomic mass is 10.0. The van der Waals surface area contributed by atoms with E-state index in [2.05, 4.69) is 12.2 Å². The molecule has 0 aliphatic rings. The van der Waals surface area contributed by atoms with Gasteiger partial charge in [0.25, 0.3) is 0 Å². The molecule has 0 fully saturated rings. The van der Waals surface area contributed by atoms with Gasteiger partial charge in [0.15, 0.2) is 0 Å². The van der Waals surface area contributed by atoms with Gasteiger partial charge in [-0.2, -0.15) is 0 Å². The molecule has 1 aromatic rings. The van der Waals surface area contributed by atoms with E-state index in [9.17, 15) is 4.79 Å². The predicted molar refractivity (Wildman–Crippen MR) is 65.9 cm³/mol. The van der Waals surface area contributed by atoms with Crippen molar-refractivity contribution in [2.24, 2.45) is 5.73 Å². The molecule has 0 saturated heterocycles. The van der Waals surface area contributed by atoms with Gasteiger partial charge >= 0.3 is 0 Å². The van der Waals surface area contributed by atoms with Crippen molar-refractivity contribution < 1.29 is 4.79 Å². The summed E-state index contributed by atoms with van der Waals surface area (Å²) >= 11 is 0. The number of carbonyl (C=O) groups is 1. The zero-order valence-electron chi connectivity index (χ0n) is 9.94. The van der Waals surface area contributed by atoms with Gasteiger partial charge in [-0.05, 0) is 18.9 Å². The smallest absolute Gasteiger partial charge is 0.222 e. The van der Waals surface area contributed by atoms with Crippen molar-refractivity contribution in [2.75, 3.05) is 0 Å². The van der Waals surface area contributed by atoms with Crippen LogP contribution in [0.3, 0.4) is 0 Å². The van der Waals surface area contributed by atoms with Crippen LogP contribution < -0.4 is 11.1 Å². The van der Waals surface area contributed by atoms with Crippen molar-refractivity contribution in [3.63, 3.8) is 0 Å². The minimum atomic E-state index is -0.0896. The standard InChI is InChI=1S/C13H20N2O/c1-3-12(11-7-5-4-6-8-11)15-13(16)9-10(2)14/h4-8,10,12H,3,9,14H2,1-2H3,(H,15,16). The summed E-state index contributed by atoms with van der Waals surface area (Å²) in [6, 6.07) is 9.99. The molecule has 2 unspecified atom stereocenters. The maximum absolute atomic E-state index is 11.6. The molecule has 3 nitrogen and oxygen atoms in total. The number of hydrogen-bond donors (Lipinski definition) is 2. The van der Waals surface area contributed by atoms with Crippen molar-refractivity contribution in [2.45, 2.75) is 38.8 Å². The van der Waals surface area contributed by atoms with Gasteiger partial charge < -0.3 is 11.1 Å². The first-order chi connectivity index (χ1) is 7.63. The first-order valence-corrected chi connectivity index (χ1v) is 5.73. The van der Waals surface area contributed by atoms with Crippen molar-refractivity contribution in [1.82, 2.24) is 5.32 Å². The fourth-order valence-corrected chi connectivity index (χ4v) is 1.65. The van der Waals surface area contributed by atoms with Crippen LogP contribution in [0.4, 0.5) is 0 Å². The summed E-state index contributed by atoms with van der Waals surface area (Å²) < 4.78 is 0. The molecule has 88 valence electrons. The molecule has 0 aliphatic carbocycles. The Morgan fingerprint density at radius 1 is 1.38 bits per heavy atom. The van der Waals surface area contributed by atoms with E-state index in [1.807, 2.05) is 37.3 Å². The average molecular weight is 220 g/mol. The van der Waals surface area contributed by atoms with Crippen LogP contribution in [-0.2, 0) is 4.79 Å². The van der Waals surface area contributed by atoms with Crippen molar-refractivity contribution in [3.8, 4) is 0 Å². The monoisotopic (exact) mass is 220 g/mol. The number of nitrogens with one attached hydrogen (secondary N) is 1. The van der Waals surface area contributed by atoms with E-state index in [0.29, 0.717) is 6.42 Å². The highest BCUT2D eigenvalue weighted by Gasteiger charge is 2.12. The Kier molecular flexibility index (Phi) is 4.99. The topological polar surface area (TPSA) is 55.1 Å². The Labute approximate surface area is 97.0 Å². The van der Waals surface area contributed by atoms with Gasteiger partial charge in [0.2, 0.25) is 5.91 Å². The van der Waals surface area contributed by atoms with E-state index in [1.54, 1.807) is 0 Å². The molecule has 0 aliphatic heterocycles. The van der Waals surface area contributed by atoms with E-state index < -0.39 is 0 Å². The molecule has 0 radical (unpaired) electrons. The van der Waals surface area contributed by atoms with Crippen LogP contribution in [0, 0.1) is 0 Å². The third kappa shape index (κ3) is 4.03. The molecule has 0 heterocycles. The second-order valence-electron chi connectivity index (χ2n) is 4.12. The summed E-state index contributed by atoms with van der Waals surface area (Å²) in [5.41, 5.74) is 6.73. The van der Waals surface area contributed by atoms with Gasteiger partial charge in [-0.15, -0.1) is 0 Å². The predicted octanol–water partition coefficient (Wildman–Crippen LogP) is 1.99. The molecule has 0 bridgehead atoms. The Bertz CT molecular complexity index is 322. The summed E-state index contributed by atoms with van der Waals surface area (Å²) in [5.74, 6) is 0.0192. The van der Waals surface area contributed by atoms with Crippen LogP contribution >= 0.6 is 0 Å². The molecule has 16 heavy (non-hydrogen) atoms. The van der Waals surface area contributed by atoms with Crippen LogP contribution in [0.5, 0.6) is 0 Å². The highest BCUT2D eigenvalue weighted by Crippen LogP contribution is 2.15. The molecule has 1 amide bonds. The Morgan fingerprint density at radius 3 is 2.50 bits per heavy atom. The molecule has 3 heteroatoms. The lowest BCUT2D eigenvalue weighted by Gasteiger charge is -2.18. The number of amides is 1. The van der Waals surface area contributed by atoms with Crippen molar-refractivity contribution >= 4 is 5.91 Å². The number of benzene rings is 1. The Hall–Kier alpha value is -1.35. The summed E-state index contributed by atoms with van der Waals surface area (Å²) in [7, 11) is 0. The van der Waals surface area contributed by atoms with Crippen LogP contribution in [0.15, 0.2) is 30.3 Å². The number of nitrogens with two attached hydrogens (primary N) is 1. The van der Waals surface area contributed by atoms with Gasteiger partial charge in [-0.3, -0.25) is 4.79 Å². The number of carbonyl (C=O) groups excluding carboxylic acids is 1. The van der Waals surface area contributed by atoms with Crippen LogP contribution in [0.2, 0.25) is 0 Å². The van der Waals surface area contributed by atoms with Crippen LogP contribution in [0.25, 0.3) is 0 Å². The normalized spacial score (nSPS) is 14.2. The molecule has 3 N–H and O–H groups in total. The molecule has 0 spiro atoms. The summed E-state index contributed by atoms with van der Waals surface area (Å²) in [4.78, 5) is 11.6. The van der Waals surface area contributed by atoms with E-state index in [4.69, 9.17) is 5.73 Å². The third-order valence-electron chi connectivity index (χ3n) is 2.45. The van der Waals surface area contributed by atoms with Gasteiger partial charge in [0, 0.05) is 12.5 Å². The highest BCUT2D eigenvalue weighted by molar-refractivity contribution is 5.77. The van der Waals surface area contributed by atoms with Gasteiger partial charge in [-0.1, -0.05) is 37.3 Å². The quantitative estimate of drug-likeness (QED) is 0.797. The second kappa shape index (κ2) is 6.28. The SMILES string of the molecule is CCC(NC(=O)CC(C)N)c1ccccc1. The minimum Gasteiger partial charge on any atom is -0.349 e. The van der Waals surface area contributed by atoms with Crippen molar-refractivity contribution in [1.29, 1.82) is 0 Å². The number of hydrogen-bond acceptors (Lipinski definition) is 2. The highest BCUT2D eigenvalue weighted by atomic mass is 16.1. The van der Waals surface area contributed by atoms with E-state index in [1.165, 1.54) is 0 Å². The maximum Gasteiger partial charge on any atom is 0.222 e. The Balaban J connectivity index is 2.59. The molecular weight excluding hydrogens is 200 g/mol. The Morgan fingerprint density at radius 2 is 2.00 bits per heavy atom. The average Bonchev–Trinajstić information content (AvgIpc) is 2.26. The van der Waals surface area contributed by atoms with E-state index in [0.717, 1.165) is 12.0 Å². The van der Waals surface area contributed by atoms with E-state index >= 15 is 0 Å². The van der Waals surface area contributed by atoms with Gasteiger partial charge in [0.05, 0.1) is 6.04 Å². The fraction of sp³-hybridized carbons (Fsp3) is 0.462. The molecule has 0 saturated carbocycles. The molecular formula is C13H20N2O. The van der Waals surface area contributed by atoms with Crippen LogP contribution in [0.1, 0.15) is 38.3 Å². The third-order valence-corrected chi connectivity index (χ3v) is 2.45. The molecule has 0 aromatic heterocycles. The fourth-order valence-electron chi connectivity index (χ4n) is 1.65.